The summed E-state index contributed by atoms with van der Waals surface area (Å²) in [7, 11) is 1.80. The smallest absolute Gasteiger partial charge is 0.295 e. The molecule has 8 nitrogen and oxygen atoms in total. The number of thioether (sulfide) groups is 1. The van der Waals surface area contributed by atoms with E-state index in [2.05, 4.69) is 40.5 Å². The van der Waals surface area contributed by atoms with Gasteiger partial charge < -0.3 is 5.32 Å². The van der Waals surface area contributed by atoms with Crippen LogP contribution in [0.25, 0.3) is 17.1 Å². The lowest BCUT2D eigenvalue weighted by molar-refractivity contribution is -0.113. The number of benzene rings is 1. The molecule has 0 aliphatic rings. The average molecular weight is 509 g/mol. The van der Waals surface area contributed by atoms with Gasteiger partial charge in [-0.05, 0) is 31.5 Å². The molecule has 182 valence electrons. The number of nitrogens with one attached hydrogen (secondary N) is 1. The Balaban J connectivity index is 1.50. The topological polar surface area (TPSA) is 86.7 Å². The van der Waals surface area contributed by atoms with Gasteiger partial charge in [0.15, 0.2) is 11.0 Å². The van der Waals surface area contributed by atoms with E-state index in [0.29, 0.717) is 17.4 Å². The maximum atomic E-state index is 13.1. The van der Waals surface area contributed by atoms with Crippen LogP contribution in [0.5, 0.6) is 0 Å². The molecule has 0 saturated heterocycles. The van der Waals surface area contributed by atoms with Gasteiger partial charge in [0.1, 0.15) is 5.69 Å². The molecule has 0 radical (unpaired) electrons. The van der Waals surface area contributed by atoms with Gasteiger partial charge in [0.25, 0.3) is 5.56 Å². The number of carbonyl (C=O) groups is 1. The predicted molar refractivity (Wildman–Crippen MR) is 143 cm³/mol. The van der Waals surface area contributed by atoms with Gasteiger partial charge in [0, 0.05) is 29.4 Å². The van der Waals surface area contributed by atoms with Crippen molar-refractivity contribution in [3.8, 4) is 17.1 Å². The largest absolute Gasteiger partial charge is 0.319 e. The second-order valence-corrected chi connectivity index (χ2v) is 9.97. The van der Waals surface area contributed by atoms with Crippen LogP contribution in [0.15, 0.2) is 64.4 Å². The van der Waals surface area contributed by atoms with Crippen LogP contribution in [0.1, 0.15) is 23.9 Å². The van der Waals surface area contributed by atoms with E-state index in [9.17, 15) is 9.59 Å². The zero-order valence-corrected chi connectivity index (χ0v) is 21.7. The van der Waals surface area contributed by atoms with Crippen LogP contribution in [0.4, 0.5) is 5.69 Å². The summed E-state index contributed by atoms with van der Waals surface area (Å²) in [5.41, 5.74) is 2.43. The fraction of sp³-hybridized carbons (Fsp3) is 0.280. The molecule has 0 unspecified atom stereocenters. The Kier molecular flexibility index (Phi) is 7.72. The number of amides is 1. The Morgan fingerprint density at radius 1 is 1.26 bits per heavy atom. The first-order valence-electron chi connectivity index (χ1n) is 11.3. The molecule has 0 saturated carbocycles. The van der Waals surface area contributed by atoms with Gasteiger partial charge in [0.2, 0.25) is 5.91 Å². The van der Waals surface area contributed by atoms with Gasteiger partial charge in [-0.25, -0.2) is 4.68 Å². The van der Waals surface area contributed by atoms with Crippen molar-refractivity contribution in [2.75, 3.05) is 11.1 Å². The van der Waals surface area contributed by atoms with E-state index in [1.807, 2.05) is 41.8 Å². The molecule has 0 atom stereocenters. The highest BCUT2D eigenvalue weighted by atomic mass is 32.2. The molecule has 0 bridgehead atoms. The van der Waals surface area contributed by atoms with Gasteiger partial charge in [-0.15, -0.1) is 28.1 Å². The molecular weight excluding hydrogens is 480 g/mol. The summed E-state index contributed by atoms with van der Waals surface area (Å²) < 4.78 is 5.23. The molecular formula is C25H28N6O2S2. The molecule has 3 heterocycles. The van der Waals surface area contributed by atoms with E-state index in [1.54, 1.807) is 33.8 Å². The van der Waals surface area contributed by atoms with Crippen molar-refractivity contribution >= 4 is 34.7 Å². The van der Waals surface area contributed by atoms with Crippen LogP contribution in [0.3, 0.4) is 0 Å². The number of rotatable bonds is 10. The molecule has 1 N–H and O–H groups in total. The lowest BCUT2D eigenvalue weighted by Crippen LogP contribution is -2.23. The molecule has 0 spiro atoms. The van der Waals surface area contributed by atoms with E-state index < -0.39 is 0 Å². The third-order valence-corrected chi connectivity index (χ3v) is 7.55. The predicted octanol–water partition coefficient (Wildman–Crippen LogP) is 4.67. The van der Waals surface area contributed by atoms with Crippen molar-refractivity contribution in [2.45, 2.75) is 38.4 Å². The number of para-hydroxylation sites is 1. The highest BCUT2D eigenvalue weighted by Crippen LogP contribution is 2.28. The van der Waals surface area contributed by atoms with Crippen molar-refractivity contribution in [1.29, 1.82) is 0 Å². The van der Waals surface area contributed by atoms with Gasteiger partial charge in [-0.2, -0.15) is 0 Å². The molecule has 35 heavy (non-hydrogen) atoms. The Bertz CT molecular complexity index is 1400. The van der Waals surface area contributed by atoms with Gasteiger partial charge in [-0.3, -0.25) is 18.8 Å². The van der Waals surface area contributed by atoms with Crippen LogP contribution in [0.2, 0.25) is 0 Å². The van der Waals surface area contributed by atoms with E-state index in [0.717, 1.165) is 29.9 Å². The van der Waals surface area contributed by atoms with Gasteiger partial charge >= 0.3 is 0 Å². The number of thiophene rings is 1. The summed E-state index contributed by atoms with van der Waals surface area (Å²) in [5.74, 6) is 0.576. The van der Waals surface area contributed by atoms with Crippen molar-refractivity contribution in [3.63, 3.8) is 0 Å². The van der Waals surface area contributed by atoms with Crippen molar-refractivity contribution in [3.05, 3.63) is 75.4 Å². The minimum absolute atomic E-state index is 0.0963. The Morgan fingerprint density at radius 3 is 2.74 bits per heavy atom. The maximum absolute atomic E-state index is 13.1. The Hall–Kier alpha value is -3.37. The lowest BCUT2D eigenvalue weighted by Gasteiger charge is -2.07. The number of anilines is 1. The summed E-state index contributed by atoms with van der Waals surface area (Å²) >= 11 is 3.00. The van der Waals surface area contributed by atoms with Crippen LogP contribution >= 0.6 is 23.1 Å². The summed E-state index contributed by atoms with van der Waals surface area (Å²) in [6, 6.07) is 11.5. The van der Waals surface area contributed by atoms with Crippen molar-refractivity contribution in [2.24, 2.45) is 7.05 Å². The molecule has 1 amide bonds. The fourth-order valence-electron chi connectivity index (χ4n) is 3.80. The minimum Gasteiger partial charge on any atom is -0.319 e. The van der Waals surface area contributed by atoms with E-state index >= 15 is 0 Å². The number of allylic oxidation sites excluding steroid dienone is 1. The molecule has 0 fully saturated rings. The third kappa shape index (κ3) is 5.18. The molecule has 3 aromatic heterocycles. The molecule has 4 rings (SSSR count). The zero-order valence-electron chi connectivity index (χ0n) is 20.0. The molecule has 0 aliphatic heterocycles. The molecule has 10 heteroatoms. The first kappa shape index (κ1) is 24.7. The lowest BCUT2D eigenvalue weighted by atomic mass is 10.2. The Morgan fingerprint density at radius 2 is 2.03 bits per heavy atom. The van der Waals surface area contributed by atoms with E-state index in [1.165, 1.54) is 16.6 Å². The first-order chi connectivity index (χ1) is 16.9. The monoisotopic (exact) mass is 508 g/mol. The van der Waals surface area contributed by atoms with E-state index in [4.69, 9.17) is 0 Å². The highest BCUT2D eigenvalue weighted by molar-refractivity contribution is 7.99. The van der Waals surface area contributed by atoms with Crippen LogP contribution < -0.4 is 10.9 Å². The molecule has 0 aliphatic carbocycles. The number of hydrogen-bond acceptors (Lipinski definition) is 6. The van der Waals surface area contributed by atoms with Crippen molar-refractivity contribution in [1.82, 2.24) is 24.1 Å². The number of hydrogen-bond donors (Lipinski definition) is 1. The second-order valence-electron chi connectivity index (χ2n) is 8.03. The second kappa shape index (κ2) is 10.9. The fourth-order valence-corrected chi connectivity index (χ4v) is 5.51. The SMILES string of the molecule is C=CCn1c(SCC(=O)Nc2c(C)n(C)n(-c3ccccc3)c2=O)nnc1-c1csc(CCC)c1. The van der Waals surface area contributed by atoms with Crippen LogP contribution in [-0.2, 0) is 24.8 Å². The number of carbonyl (C=O) groups excluding carboxylic acids is 1. The maximum Gasteiger partial charge on any atom is 0.295 e. The van der Waals surface area contributed by atoms with Gasteiger partial charge in [-0.1, -0.05) is 49.4 Å². The summed E-state index contributed by atoms with van der Waals surface area (Å²) in [6.45, 7) is 8.35. The summed E-state index contributed by atoms with van der Waals surface area (Å²) in [4.78, 5) is 27.2. The van der Waals surface area contributed by atoms with Crippen molar-refractivity contribution < 1.29 is 4.79 Å². The zero-order chi connectivity index (χ0) is 24.9. The number of aromatic nitrogens is 5. The summed E-state index contributed by atoms with van der Waals surface area (Å²) in [5, 5.41) is 14.2. The first-order valence-corrected chi connectivity index (χ1v) is 13.2. The third-order valence-electron chi connectivity index (χ3n) is 5.59. The van der Waals surface area contributed by atoms with Gasteiger partial charge in [0.05, 0.1) is 17.1 Å². The quantitative estimate of drug-likeness (QED) is 0.248. The van der Waals surface area contributed by atoms with E-state index in [-0.39, 0.29) is 22.9 Å². The number of nitrogens with zero attached hydrogens (tertiary/aromatic N) is 5. The van der Waals surface area contributed by atoms with Crippen LogP contribution in [0, 0.1) is 6.92 Å². The average Bonchev–Trinajstić information content (AvgIpc) is 3.53. The van der Waals surface area contributed by atoms with Crippen LogP contribution in [-0.4, -0.2) is 35.8 Å². The molecule has 1 aromatic carbocycles. The summed E-state index contributed by atoms with van der Waals surface area (Å²) in [6.07, 6.45) is 3.91. The Labute approximate surface area is 212 Å². The normalized spacial score (nSPS) is 11.1. The minimum atomic E-state index is -0.281. The number of aryl methyl sites for hydroxylation is 1. The highest BCUT2D eigenvalue weighted by Gasteiger charge is 2.20. The standard InChI is InChI=1S/C25H28N6O2S2/c1-5-10-20-14-18(15-34-20)23-27-28-25(30(23)13-6-2)35-16-21(32)26-22-17(3)29(4)31(24(22)33)19-11-8-7-9-12-19/h6-9,11-12,14-15H,2,5,10,13,16H2,1,3-4H3,(H,26,32). The molecule has 4 aromatic rings.